The Bertz CT molecular complexity index is 693. The molecule has 1 aromatic heterocycles. The molecule has 138 valence electrons. The average Bonchev–Trinajstić information content (AvgIpc) is 2.58. The summed E-state index contributed by atoms with van der Waals surface area (Å²) in [6.45, 7) is 2.96. The van der Waals surface area contributed by atoms with E-state index < -0.39 is 5.56 Å². The molecule has 25 heavy (non-hydrogen) atoms. The lowest BCUT2D eigenvalue weighted by Crippen LogP contribution is -2.59. The van der Waals surface area contributed by atoms with Gasteiger partial charge in [0.15, 0.2) is 0 Å². The van der Waals surface area contributed by atoms with E-state index >= 15 is 0 Å². The molecule has 2 atom stereocenters. The van der Waals surface area contributed by atoms with Crippen LogP contribution in [0.3, 0.4) is 0 Å². The number of aromatic nitrogens is 3. The maximum Gasteiger partial charge on any atom is 0.274 e. The van der Waals surface area contributed by atoms with Gasteiger partial charge >= 0.3 is 0 Å². The number of aliphatic hydroxyl groups is 1. The summed E-state index contributed by atoms with van der Waals surface area (Å²) in [5.41, 5.74) is 4.95. The maximum atomic E-state index is 12.6. The Labute approximate surface area is 146 Å². The number of aliphatic hydroxyl groups excluding tert-OH is 1. The third-order valence-electron chi connectivity index (χ3n) is 5.39. The number of carbonyl (C=O) groups excluding carboxylic acids is 1. The summed E-state index contributed by atoms with van der Waals surface area (Å²) < 4.78 is 0. The summed E-state index contributed by atoms with van der Waals surface area (Å²) in [5.74, 6) is -0.0500. The number of aryl methyl sites for hydroxylation is 1. The summed E-state index contributed by atoms with van der Waals surface area (Å²) in [4.78, 5) is 30.8. The van der Waals surface area contributed by atoms with E-state index in [1.165, 1.54) is 0 Å². The molecular formula is C16H26N6O3. The van der Waals surface area contributed by atoms with Crippen LogP contribution in [-0.2, 0) is 11.2 Å². The minimum Gasteiger partial charge on any atom is -0.392 e. The van der Waals surface area contributed by atoms with Crippen LogP contribution in [-0.4, -0.2) is 75.3 Å². The van der Waals surface area contributed by atoms with Crippen molar-refractivity contribution in [2.45, 2.75) is 38.2 Å². The van der Waals surface area contributed by atoms with Gasteiger partial charge in [0.05, 0.1) is 6.10 Å². The lowest BCUT2D eigenvalue weighted by Gasteiger charge is -2.50. The number of likely N-dealkylation sites (tertiary alicyclic amines) is 2. The lowest BCUT2D eigenvalue weighted by molar-refractivity contribution is -0.140. The molecule has 1 amide bonds. The number of carbonyl (C=O) groups is 1. The molecule has 0 aromatic carbocycles. The van der Waals surface area contributed by atoms with E-state index in [-0.39, 0.29) is 41.9 Å². The monoisotopic (exact) mass is 350 g/mol. The Morgan fingerprint density at radius 2 is 2.20 bits per heavy atom. The molecule has 0 unspecified atom stereocenters. The van der Waals surface area contributed by atoms with Gasteiger partial charge in [-0.2, -0.15) is 0 Å². The smallest absolute Gasteiger partial charge is 0.274 e. The molecule has 3 heterocycles. The average molecular weight is 350 g/mol. The van der Waals surface area contributed by atoms with Crippen LogP contribution in [0.25, 0.3) is 0 Å². The SMILES string of the molecule is CN1CC[C@H](O)[C@@]2(CCCN(C(=O)CCc3nnc(N)[nH]c3=O)C2)C1. The Balaban J connectivity index is 1.63. The first-order valence-corrected chi connectivity index (χ1v) is 8.75. The molecule has 0 radical (unpaired) electrons. The molecule has 2 aliphatic rings. The van der Waals surface area contributed by atoms with Crippen LogP contribution >= 0.6 is 0 Å². The van der Waals surface area contributed by atoms with Gasteiger partial charge < -0.3 is 20.6 Å². The quantitative estimate of drug-likeness (QED) is 0.637. The molecule has 0 bridgehead atoms. The highest BCUT2D eigenvalue weighted by atomic mass is 16.3. The van der Waals surface area contributed by atoms with Crippen molar-refractivity contribution in [3.05, 3.63) is 16.0 Å². The first-order valence-electron chi connectivity index (χ1n) is 8.75. The predicted octanol–water partition coefficient (Wildman–Crippen LogP) is -1.02. The minimum atomic E-state index is -0.403. The van der Waals surface area contributed by atoms with Crippen LogP contribution in [0.15, 0.2) is 4.79 Å². The Morgan fingerprint density at radius 1 is 1.40 bits per heavy atom. The highest BCUT2D eigenvalue weighted by molar-refractivity contribution is 5.76. The van der Waals surface area contributed by atoms with Crippen LogP contribution in [0.1, 0.15) is 31.4 Å². The molecule has 0 aliphatic carbocycles. The maximum absolute atomic E-state index is 12.6. The second-order valence-corrected chi connectivity index (χ2v) is 7.31. The number of H-pyrrole nitrogens is 1. The minimum absolute atomic E-state index is 0.0162. The van der Waals surface area contributed by atoms with Gasteiger partial charge in [-0.1, -0.05) is 0 Å². The van der Waals surface area contributed by atoms with Crippen molar-refractivity contribution >= 4 is 11.9 Å². The zero-order valence-electron chi connectivity index (χ0n) is 14.6. The summed E-state index contributed by atoms with van der Waals surface area (Å²) >= 11 is 0. The van der Waals surface area contributed by atoms with E-state index in [0.29, 0.717) is 13.1 Å². The first-order chi connectivity index (χ1) is 11.9. The standard InChI is InChI=1S/C16H26N6O3/c1-21-8-5-12(23)16(9-21)6-2-7-22(10-16)13(24)4-3-11-14(25)18-15(17)20-19-11/h12,23H,2-10H2,1H3,(H3,17,18,20,25)/t12-,16-/m0/s1. The van der Waals surface area contributed by atoms with Crippen LogP contribution < -0.4 is 11.3 Å². The fourth-order valence-electron chi connectivity index (χ4n) is 4.07. The topological polar surface area (TPSA) is 128 Å². The van der Waals surface area contributed by atoms with Gasteiger partial charge in [-0.15, -0.1) is 10.2 Å². The summed E-state index contributed by atoms with van der Waals surface area (Å²) in [7, 11) is 2.06. The van der Waals surface area contributed by atoms with Crippen molar-refractivity contribution in [1.82, 2.24) is 25.0 Å². The zero-order valence-corrected chi connectivity index (χ0v) is 14.6. The molecular weight excluding hydrogens is 324 g/mol. The van der Waals surface area contributed by atoms with Crippen molar-refractivity contribution in [2.75, 3.05) is 39.0 Å². The van der Waals surface area contributed by atoms with Gasteiger partial charge in [0.25, 0.3) is 5.56 Å². The van der Waals surface area contributed by atoms with Crippen molar-refractivity contribution in [1.29, 1.82) is 0 Å². The normalized spacial score (nSPS) is 27.6. The van der Waals surface area contributed by atoms with E-state index in [1.807, 2.05) is 4.90 Å². The van der Waals surface area contributed by atoms with Gasteiger partial charge in [-0.25, -0.2) is 0 Å². The number of aromatic amines is 1. The number of rotatable bonds is 3. The van der Waals surface area contributed by atoms with Crippen molar-refractivity contribution in [2.24, 2.45) is 5.41 Å². The predicted molar refractivity (Wildman–Crippen MR) is 91.8 cm³/mol. The van der Waals surface area contributed by atoms with Crippen molar-refractivity contribution in [3.8, 4) is 0 Å². The molecule has 1 aromatic rings. The van der Waals surface area contributed by atoms with Gasteiger partial charge in [0.2, 0.25) is 11.9 Å². The number of hydrogen-bond donors (Lipinski definition) is 3. The number of nitrogens with one attached hydrogen (secondary N) is 1. The van der Waals surface area contributed by atoms with Crippen molar-refractivity contribution < 1.29 is 9.90 Å². The fraction of sp³-hybridized carbons (Fsp3) is 0.750. The first kappa shape index (κ1) is 17.8. The molecule has 2 saturated heterocycles. The zero-order chi connectivity index (χ0) is 18.0. The van der Waals surface area contributed by atoms with E-state index in [2.05, 4.69) is 27.1 Å². The highest BCUT2D eigenvalue weighted by Gasteiger charge is 2.45. The largest absolute Gasteiger partial charge is 0.392 e. The third kappa shape index (κ3) is 3.82. The third-order valence-corrected chi connectivity index (χ3v) is 5.39. The van der Waals surface area contributed by atoms with Crippen LogP contribution in [0.2, 0.25) is 0 Å². The van der Waals surface area contributed by atoms with E-state index in [9.17, 15) is 14.7 Å². The van der Waals surface area contributed by atoms with Gasteiger partial charge in [-0.3, -0.25) is 14.6 Å². The van der Waals surface area contributed by atoms with Crippen LogP contribution in [0.5, 0.6) is 0 Å². The summed E-state index contributed by atoms with van der Waals surface area (Å²) in [5, 5.41) is 17.9. The van der Waals surface area contributed by atoms with E-state index in [4.69, 9.17) is 5.73 Å². The molecule has 3 rings (SSSR count). The van der Waals surface area contributed by atoms with Gasteiger partial charge in [-0.05, 0) is 26.3 Å². The highest BCUT2D eigenvalue weighted by Crippen LogP contribution is 2.38. The fourth-order valence-corrected chi connectivity index (χ4v) is 4.07. The van der Waals surface area contributed by atoms with Crippen LogP contribution in [0, 0.1) is 5.41 Å². The van der Waals surface area contributed by atoms with Crippen LogP contribution in [0.4, 0.5) is 5.95 Å². The van der Waals surface area contributed by atoms with E-state index in [1.54, 1.807) is 0 Å². The molecule has 2 fully saturated rings. The number of nitrogens with two attached hydrogens (primary N) is 1. The molecule has 2 aliphatic heterocycles. The summed E-state index contributed by atoms with van der Waals surface area (Å²) in [6, 6.07) is 0. The molecule has 9 heteroatoms. The second-order valence-electron chi connectivity index (χ2n) is 7.31. The lowest BCUT2D eigenvalue weighted by atomic mass is 9.71. The van der Waals surface area contributed by atoms with E-state index in [0.717, 1.165) is 32.4 Å². The number of piperidine rings is 2. The number of hydrogen-bond acceptors (Lipinski definition) is 7. The number of amides is 1. The Kier molecular flexibility index (Phi) is 5.05. The number of anilines is 1. The molecule has 9 nitrogen and oxygen atoms in total. The number of nitrogens with zero attached hydrogens (tertiary/aromatic N) is 4. The Hall–Kier alpha value is -2.00. The summed E-state index contributed by atoms with van der Waals surface area (Å²) in [6.07, 6.45) is 2.63. The van der Waals surface area contributed by atoms with Crippen molar-refractivity contribution in [3.63, 3.8) is 0 Å². The Morgan fingerprint density at radius 3 is 2.96 bits per heavy atom. The van der Waals surface area contributed by atoms with Gasteiger partial charge in [0, 0.05) is 44.4 Å². The molecule has 1 spiro atoms. The molecule has 0 saturated carbocycles. The molecule has 4 N–H and O–H groups in total. The number of nitrogen functional groups attached to an aromatic ring is 1. The van der Waals surface area contributed by atoms with Gasteiger partial charge in [0.1, 0.15) is 5.69 Å². The second kappa shape index (κ2) is 7.09.